The second-order valence-electron chi connectivity index (χ2n) is 6.61. The zero-order valence-corrected chi connectivity index (χ0v) is 15.9. The largest absolute Gasteiger partial charge is 0.508 e. The third-order valence-electron chi connectivity index (χ3n) is 4.71. The molecule has 0 bridgehead atoms. The van der Waals surface area contributed by atoms with Gasteiger partial charge in [-0.05, 0) is 37.0 Å². The molecule has 29 heavy (non-hydrogen) atoms. The van der Waals surface area contributed by atoms with Gasteiger partial charge in [0.05, 0.1) is 16.9 Å². The van der Waals surface area contributed by atoms with Gasteiger partial charge in [0.2, 0.25) is 5.91 Å². The molecule has 10 nitrogen and oxygen atoms in total. The van der Waals surface area contributed by atoms with Crippen molar-refractivity contribution in [2.24, 2.45) is 11.8 Å². The van der Waals surface area contributed by atoms with Crippen molar-refractivity contribution in [3.05, 3.63) is 52.1 Å². The smallest absolute Gasteiger partial charge is 0.478 e. The van der Waals surface area contributed by atoms with E-state index >= 15 is 0 Å². The molecule has 0 radical (unpaired) electrons. The van der Waals surface area contributed by atoms with Crippen LogP contribution in [0.1, 0.15) is 25.8 Å². The normalized spacial score (nSPS) is 20.3. The minimum Gasteiger partial charge on any atom is -0.478 e. The number of nitro groups is 1. The lowest BCUT2D eigenvalue weighted by atomic mass is 9.77. The van der Waals surface area contributed by atoms with E-state index in [-0.39, 0.29) is 30.2 Å². The van der Waals surface area contributed by atoms with Crippen LogP contribution < -0.4 is 5.32 Å². The summed E-state index contributed by atoms with van der Waals surface area (Å²) in [7, 11) is 0. The summed E-state index contributed by atoms with van der Waals surface area (Å²) in [6.45, 7) is 3.29. The van der Waals surface area contributed by atoms with Gasteiger partial charge in [-0.2, -0.15) is 0 Å². The van der Waals surface area contributed by atoms with Crippen LogP contribution in [0.25, 0.3) is 0 Å². The molecule has 0 aromatic heterocycles. The van der Waals surface area contributed by atoms with E-state index in [1.165, 1.54) is 30.3 Å². The van der Waals surface area contributed by atoms with Crippen molar-refractivity contribution in [2.45, 2.75) is 39.0 Å². The maximum absolute atomic E-state index is 12.0. The van der Waals surface area contributed by atoms with Gasteiger partial charge in [0.25, 0.3) is 5.69 Å². The van der Waals surface area contributed by atoms with E-state index in [1.54, 1.807) is 6.92 Å². The number of carboxylic acids is 1. The number of ether oxygens (including phenoxy) is 2. The summed E-state index contributed by atoms with van der Waals surface area (Å²) in [6, 6.07) is 5.17. The number of amides is 1. The van der Waals surface area contributed by atoms with Gasteiger partial charge in [-0.1, -0.05) is 13.0 Å². The van der Waals surface area contributed by atoms with Crippen LogP contribution in [-0.2, 0) is 25.7 Å². The van der Waals surface area contributed by atoms with Crippen molar-refractivity contribution in [3.8, 4) is 0 Å². The van der Waals surface area contributed by atoms with Crippen LogP contribution in [-0.4, -0.2) is 40.2 Å². The standard InChI is InChI=1S/C19H22N2O8/c1-3-13(6-9-15(22)23)17-16(18(24)20-17)11(2)29-19(25)28-10-12-4-7-14(8-5-12)21(26)27/h4-9,11,13,16-17H,3,10H2,1-2H3,(H,20,24)(H,22,23)/b9-6+/t11-,13-,16-,17+/m0/s1. The Morgan fingerprint density at radius 1 is 1.34 bits per heavy atom. The summed E-state index contributed by atoms with van der Waals surface area (Å²) in [5.74, 6) is -2.20. The fourth-order valence-corrected chi connectivity index (χ4v) is 3.13. The van der Waals surface area contributed by atoms with Crippen LogP contribution in [0.2, 0.25) is 0 Å². The number of nitrogens with zero attached hydrogens (tertiary/aromatic N) is 1. The molecular weight excluding hydrogens is 384 g/mol. The molecule has 156 valence electrons. The molecule has 2 N–H and O–H groups in total. The minimum atomic E-state index is -1.08. The Kier molecular flexibility index (Phi) is 7.29. The maximum Gasteiger partial charge on any atom is 0.508 e. The summed E-state index contributed by atoms with van der Waals surface area (Å²) in [5.41, 5.74) is 0.471. The van der Waals surface area contributed by atoms with Crippen LogP contribution in [0.4, 0.5) is 10.5 Å². The second-order valence-corrected chi connectivity index (χ2v) is 6.61. The zero-order chi connectivity index (χ0) is 21.6. The average molecular weight is 406 g/mol. The van der Waals surface area contributed by atoms with Crippen molar-refractivity contribution >= 4 is 23.7 Å². The summed E-state index contributed by atoms with van der Waals surface area (Å²) in [6.07, 6.45) is 1.40. The molecule has 10 heteroatoms. The van der Waals surface area contributed by atoms with E-state index in [2.05, 4.69) is 5.32 Å². The molecular formula is C19H22N2O8. The average Bonchev–Trinajstić information content (AvgIpc) is 2.65. The third-order valence-corrected chi connectivity index (χ3v) is 4.71. The van der Waals surface area contributed by atoms with E-state index in [4.69, 9.17) is 14.6 Å². The van der Waals surface area contributed by atoms with Gasteiger partial charge < -0.3 is 19.9 Å². The highest BCUT2D eigenvalue weighted by atomic mass is 16.7. The fraction of sp³-hybridized carbons (Fsp3) is 0.421. The first kappa shape index (κ1) is 21.9. The van der Waals surface area contributed by atoms with E-state index in [1.807, 2.05) is 6.92 Å². The van der Waals surface area contributed by atoms with Crippen LogP contribution in [0.15, 0.2) is 36.4 Å². The number of nitrogens with one attached hydrogen (secondary N) is 1. The number of rotatable bonds is 9. The van der Waals surface area contributed by atoms with Gasteiger partial charge in [0.15, 0.2) is 0 Å². The predicted molar refractivity (Wildman–Crippen MR) is 99.8 cm³/mol. The molecule has 0 aliphatic carbocycles. The predicted octanol–water partition coefficient (Wildman–Crippen LogP) is 2.42. The summed E-state index contributed by atoms with van der Waals surface area (Å²) < 4.78 is 10.2. The van der Waals surface area contributed by atoms with Gasteiger partial charge in [-0.15, -0.1) is 0 Å². The quantitative estimate of drug-likeness (QED) is 0.209. The summed E-state index contributed by atoms with van der Waals surface area (Å²) in [5, 5.41) is 22.1. The summed E-state index contributed by atoms with van der Waals surface area (Å²) in [4.78, 5) is 44.7. The number of β-lactam (4-membered cyclic amide) rings is 1. The molecule has 1 aromatic carbocycles. The number of carboxylic acid groups (broad SMARTS) is 1. The number of carbonyl (C=O) groups is 3. The first-order chi connectivity index (χ1) is 13.7. The van der Waals surface area contributed by atoms with Crippen LogP contribution >= 0.6 is 0 Å². The molecule has 1 heterocycles. The topological polar surface area (TPSA) is 145 Å². The molecule has 4 atom stereocenters. The Bertz CT molecular complexity index is 805. The molecule has 1 aromatic rings. The SMILES string of the molecule is CC[C@@H](/C=C/C(=O)O)[C@H]1NC(=O)[C@H]1[C@H](C)OC(=O)OCc1ccc([N+](=O)[O-])cc1. The highest BCUT2D eigenvalue weighted by molar-refractivity contribution is 5.87. The first-order valence-corrected chi connectivity index (χ1v) is 9.01. The molecule has 1 aliphatic rings. The first-order valence-electron chi connectivity index (χ1n) is 9.01. The second kappa shape index (κ2) is 9.67. The Morgan fingerprint density at radius 3 is 2.52 bits per heavy atom. The molecule has 0 unspecified atom stereocenters. The van der Waals surface area contributed by atoms with E-state index in [9.17, 15) is 24.5 Å². The molecule has 0 saturated carbocycles. The van der Waals surface area contributed by atoms with E-state index < -0.39 is 29.1 Å². The minimum absolute atomic E-state index is 0.0746. The van der Waals surface area contributed by atoms with E-state index in [0.29, 0.717) is 12.0 Å². The van der Waals surface area contributed by atoms with Crippen molar-refractivity contribution in [1.29, 1.82) is 0 Å². The van der Waals surface area contributed by atoms with Gasteiger partial charge in [0.1, 0.15) is 12.7 Å². The van der Waals surface area contributed by atoms with E-state index in [0.717, 1.165) is 6.08 Å². The number of benzene rings is 1. The number of non-ortho nitro benzene ring substituents is 1. The molecule has 2 rings (SSSR count). The van der Waals surface area contributed by atoms with Gasteiger partial charge >= 0.3 is 12.1 Å². The van der Waals surface area contributed by atoms with Crippen LogP contribution in [0.5, 0.6) is 0 Å². The molecule has 0 spiro atoms. The number of hydrogen-bond acceptors (Lipinski definition) is 7. The number of hydrogen-bond donors (Lipinski definition) is 2. The van der Waals surface area contributed by atoms with Crippen molar-refractivity contribution < 1.29 is 33.9 Å². The van der Waals surface area contributed by atoms with Crippen molar-refractivity contribution in [3.63, 3.8) is 0 Å². The van der Waals surface area contributed by atoms with Gasteiger partial charge in [-0.3, -0.25) is 14.9 Å². The van der Waals surface area contributed by atoms with Crippen molar-refractivity contribution in [2.75, 3.05) is 0 Å². The molecule has 1 aliphatic heterocycles. The number of aliphatic carboxylic acids is 1. The number of nitro benzene ring substituents is 1. The van der Waals surface area contributed by atoms with Gasteiger partial charge in [-0.25, -0.2) is 9.59 Å². The van der Waals surface area contributed by atoms with Crippen molar-refractivity contribution in [1.82, 2.24) is 5.32 Å². The lowest BCUT2D eigenvalue weighted by molar-refractivity contribution is -0.384. The third kappa shape index (κ3) is 5.77. The lowest BCUT2D eigenvalue weighted by Gasteiger charge is -2.42. The number of carbonyl (C=O) groups excluding carboxylic acids is 2. The van der Waals surface area contributed by atoms with Crippen LogP contribution in [0, 0.1) is 22.0 Å². The molecule has 1 fully saturated rings. The molecule has 1 amide bonds. The highest BCUT2D eigenvalue weighted by Crippen LogP contribution is 2.30. The van der Waals surface area contributed by atoms with Crippen LogP contribution in [0.3, 0.4) is 0 Å². The summed E-state index contributed by atoms with van der Waals surface area (Å²) >= 11 is 0. The highest BCUT2D eigenvalue weighted by Gasteiger charge is 2.47. The Hall–Kier alpha value is -3.43. The fourth-order valence-electron chi connectivity index (χ4n) is 3.13. The lowest BCUT2D eigenvalue weighted by Crippen LogP contribution is -2.65. The Labute approximate surface area is 166 Å². The van der Waals surface area contributed by atoms with Gasteiger partial charge in [0, 0.05) is 18.2 Å². The molecule has 1 saturated heterocycles. The monoisotopic (exact) mass is 406 g/mol. The maximum atomic E-state index is 12.0. The Balaban J connectivity index is 1.89. The zero-order valence-electron chi connectivity index (χ0n) is 15.9. The Morgan fingerprint density at radius 2 is 2.00 bits per heavy atom.